The predicted molar refractivity (Wildman–Crippen MR) is 103 cm³/mol. The van der Waals surface area contributed by atoms with Crippen LogP contribution in [0.4, 0.5) is 4.39 Å². The molecular formula is C16H21FIN3S. The minimum Gasteiger partial charge on any atom is -0.356 e. The van der Waals surface area contributed by atoms with Gasteiger partial charge < -0.3 is 10.6 Å². The van der Waals surface area contributed by atoms with Crippen LogP contribution in [-0.2, 0) is 13.0 Å². The van der Waals surface area contributed by atoms with Gasteiger partial charge in [-0.1, -0.05) is 18.2 Å². The number of guanidine groups is 1. The average molecular weight is 433 g/mol. The van der Waals surface area contributed by atoms with Crippen LogP contribution in [0.2, 0.25) is 0 Å². The van der Waals surface area contributed by atoms with Crippen molar-refractivity contribution >= 4 is 41.3 Å². The fraction of sp³-hybridized carbons (Fsp3) is 0.312. The fourth-order valence-corrected chi connectivity index (χ4v) is 2.82. The average Bonchev–Trinajstić information content (AvgIpc) is 2.90. The van der Waals surface area contributed by atoms with Gasteiger partial charge in [-0.15, -0.1) is 35.3 Å². The summed E-state index contributed by atoms with van der Waals surface area (Å²) in [6.07, 6.45) is 0.630. The fourth-order valence-electron chi connectivity index (χ4n) is 1.99. The summed E-state index contributed by atoms with van der Waals surface area (Å²) in [5.74, 6) is 0.577. The van der Waals surface area contributed by atoms with Gasteiger partial charge in [0.1, 0.15) is 5.82 Å². The highest BCUT2D eigenvalue weighted by Gasteiger charge is 2.02. The molecule has 2 aromatic rings. The van der Waals surface area contributed by atoms with Crippen molar-refractivity contribution in [3.8, 4) is 0 Å². The van der Waals surface area contributed by atoms with Crippen LogP contribution in [0.25, 0.3) is 0 Å². The second-order valence-electron chi connectivity index (χ2n) is 4.71. The van der Waals surface area contributed by atoms with Crippen molar-refractivity contribution in [1.82, 2.24) is 10.6 Å². The minimum absolute atomic E-state index is 0. The quantitative estimate of drug-likeness (QED) is 0.429. The normalized spacial score (nSPS) is 11.0. The van der Waals surface area contributed by atoms with Crippen molar-refractivity contribution in [1.29, 1.82) is 0 Å². The summed E-state index contributed by atoms with van der Waals surface area (Å²) in [7, 11) is 1.73. The smallest absolute Gasteiger partial charge is 0.191 e. The van der Waals surface area contributed by atoms with E-state index in [9.17, 15) is 4.39 Å². The zero-order valence-electron chi connectivity index (χ0n) is 12.7. The van der Waals surface area contributed by atoms with E-state index < -0.39 is 0 Å². The number of halogens is 2. The molecule has 0 aliphatic heterocycles. The Morgan fingerprint density at radius 2 is 1.95 bits per heavy atom. The van der Waals surface area contributed by atoms with Gasteiger partial charge in [0.2, 0.25) is 0 Å². The lowest BCUT2D eigenvalue weighted by Gasteiger charge is -2.11. The summed E-state index contributed by atoms with van der Waals surface area (Å²) in [4.78, 5) is 6.74. The molecule has 1 aromatic carbocycles. The lowest BCUT2D eigenvalue weighted by atomic mass is 10.1. The number of thiophene rings is 1. The zero-order valence-corrected chi connectivity index (χ0v) is 15.9. The van der Waals surface area contributed by atoms with Crippen molar-refractivity contribution in [2.75, 3.05) is 13.6 Å². The first kappa shape index (κ1) is 18.9. The molecule has 22 heavy (non-hydrogen) atoms. The Labute approximate surface area is 152 Å². The van der Waals surface area contributed by atoms with Crippen LogP contribution in [0.15, 0.2) is 41.4 Å². The van der Waals surface area contributed by atoms with E-state index in [2.05, 4.69) is 34.7 Å². The molecule has 1 aromatic heterocycles. The molecule has 0 aliphatic carbocycles. The number of benzene rings is 1. The number of hydrogen-bond donors (Lipinski definition) is 2. The third-order valence-corrected chi connectivity index (χ3v) is 4.09. The van der Waals surface area contributed by atoms with Crippen LogP contribution in [0, 0.1) is 12.7 Å². The Balaban J connectivity index is 0.00000242. The molecular weight excluding hydrogens is 412 g/mol. The highest BCUT2D eigenvalue weighted by atomic mass is 127. The Hall–Kier alpha value is -1.15. The monoisotopic (exact) mass is 433 g/mol. The summed E-state index contributed by atoms with van der Waals surface area (Å²) >= 11 is 1.77. The SMILES string of the molecule is CN=C(NCCc1ccccc1F)NCc1ccc(C)s1.I. The Morgan fingerprint density at radius 1 is 1.18 bits per heavy atom. The first-order chi connectivity index (χ1) is 10.2. The molecule has 6 heteroatoms. The van der Waals surface area contributed by atoms with Gasteiger partial charge in [0.15, 0.2) is 5.96 Å². The van der Waals surface area contributed by atoms with E-state index in [1.807, 2.05) is 12.1 Å². The molecule has 0 radical (unpaired) electrons. The van der Waals surface area contributed by atoms with Gasteiger partial charge in [0.05, 0.1) is 6.54 Å². The summed E-state index contributed by atoms with van der Waals surface area (Å²) in [5.41, 5.74) is 0.717. The maximum Gasteiger partial charge on any atom is 0.191 e. The summed E-state index contributed by atoms with van der Waals surface area (Å²) < 4.78 is 13.5. The van der Waals surface area contributed by atoms with Gasteiger partial charge in [-0.05, 0) is 37.1 Å². The number of hydrogen-bond acceptors (Lipinski definition) is 2. The second kappa shape index (κ2) is 9.78. The van der Waals surface area contributed by atoms with Crippen molar-refractivity contribution in [2.24, 2.45) is 4.99 Å². The van der Waals surface area contributed by atoms with E-state index in [0.717, 1.165) is 12.5 Å². The molecule has 0 aliphatic rings. The van der Waals surface area contributed by atoms with Crippen molar-refractivity contribution < 1.29 is 4.39 Å². The van der Waals surface area contributed by atoms with E-state index in [1.54, 1.807) is 24.5 Å². The topological polar surface area (TPSA) is 36.4 Å². The second-order valence-corrected chi connectivity index (χ2v) is 6.08. The lowest BCUT2D eigenvalue weighted by Crippen LogP contribution is -2.37. The van der Waals surface area contributed by atoms with Gasteiger partial charge in [-0.3, -0.25) is 4.99 Å². The Bertz CT molecular complexity index is 613. The molecule has 2 rings (SSSR count). The summed E-state index contributed by atoms with van der Waals surface area (Å²) in [5, 5.41) is 6.45. The van der Waals surface area contributed by atoms with E-state index in [1.165, 1.54) is 15.8 Å². The molecule has 3 nitrogen and oxygen atoms in total. The van der Waals surface area contributed by atoms with Crippen LogP contribution < -0.4 is 10.6 Å². The van der Waals surface area contributed by atoms with Crippen LogP contribution in [0.1, 0.15) is 15.3 Å². The van der Waals surface area contributed by atoms with E-state index in [0.29, 0.717) is 18.5 Å². The molecule has 0 unspecified atom stereocenters. The van der Waals surface area contributed by atoms with E-state index >= 15 is 0 Å². The number of nitrogens with one attached hydrogen (secondary N) is 2. The maximum atomic E-state index is 13.5. The van der Waals surface area contributed by atoms with Crippen LogP contribution >= 0.6 is 35.3 Å². The third-order valence-electron chi connectivity index (χ3n) is 3.09. The highest BCUT2D eigenvalue weighted by Crippen LogP contribution is 2.14. The molecule has 0 bridgehead atoms. The largest absolute Gasteiger partial charge is 0.356 e. The van der Waals surface area contributed by atoms with Crippen LogP contribution in [-0.4, -0.2) is 19.6 Å². The van der Waals surface area contributed by atoms with E-state index in [-0.39, 0.29) is 29.8 Å². The number of aryl methyl sites for hydroxylation is 1. The Kier molecular flexibility index (Phi) is 8.40. The van der Waals surface area contributed by atoms with Gasteiger partial charge in [-0.2, -0.15) is 0 Å². The molecule has 120 valence electrons. The lowest BCUT2D eigenvalue weighted by molar-refractivity contribution is 0.607. The maximum absolute atomic E-state index is 13.5. The molecule has 0 saturated heterocycles. The molecule has 2 N–H and O–H groups in total. The standard InChI is InChI=1S/C16H20FN3S.HI/c1-12-7-8-14(21-12)11-20-16(18-2)19-10-9-13-5-3-4-6-15(13)17;/h3-8H,9-11H2,1-2H3,(H2,18,19,20);1H. The molecule has 0 fully saturated rings. The summed E-state index contributed by atoms with van der Waals surface area (Å²) in [6, 6.07) is 11.1. The minimum atomic E-state index is -0.156. The van der Waals surface area contributed by atoms with Crippen molar-refractivity contribution in [2.45, 2.75) is 19.9 Å². The zero-order chi connectivity index (χ0) is 15.1. The molecule has 0 amide bonds. The third kappa shape index (κ3) is 5.92. The first-order valence-electron chi connectivity index (χ1n) is 6.92. The molecule has 0 atom stereocenters. The van der Waals surface area contributed by atoms with Gasteiger partial charge in [0, 0.05) is 23.3 Å². The molecule has 0 saturated carbocycles. The Morgan fingerprint density at radius 3 is 2.59 bits per heavy atom. The number of aliphatic imine (C=N–C) groups is 1. The first-order valence-corrected chi connectivity index (χ1v) is 7.74. The van der Waals surface area contributed by atoms with Crippen LogP contribution in [0.5, 0.6) is 0 Å². The van der Waals surface area contributed by atoms with Crippen LogP contribution in [0.3, 0.4) is 0 Å². The summed E-state index contributed by atoms with van der Waals surface area (Å²) in [6.45, 7) is 3.48. The van der Waals surface area contributed by atoms with Crippen molar-refractivity contribution in [3.63, 3.8) is 0 Å². The number of rotatable bonds is 5. The predicted octanol–water partition coefficient (Wildman–Crippen LogP) is 3.72. The number of nitrogens with zero attached hydrogens (tertiary/aromatic N) is 1. The molecule has 0 spiro atoms. The van der Waals surface area contributed by atoms with Gasteiger partial charge in [-0.25, -0.2) is 4.39 Å². The van der Waals surface area contributed by atoms with E-state index in [4.69, 9.17) is 0 Å². The molecule has 1 heterocycles. The van der Waals surface area contributed by atoms with Crippen molar-refractivity contribution in [3.05, 3.63) is 57.5 Å². The van der Waals surface area contributed by atoms with Gasteiger partial charge >= 0.3 is 0 Å². The highest BCUT2D eigenvalue weighted by molar-refractivity contribution is 14.0. The van der Waals surface area contributed by atoms with Gasteiger partial charge in [0.25, 0.3) is 0 Å².